The number of amides is 1. The SMILES string of the molecule is Cc1cccc2[nH]cc(CCNC(=O)CCl)c12. The molecule has 0 unspecified atom stereocenters. The zero-order valence-electron chi connectivity index (χ0n) is 9.72. The Hall–Kier alpha value is -1.48. The van der Waals surface area contributed by atoms with Gasteiger partial charge in [0.1, 0.15) is 5.88 Å². The Morgan fingerprint density at radius 3 is 3.06 bits per heavy atom. The normalized spacial score (nSPS) is 10.7. The number of halogens is 1. The molecule has 0 aliphatic heterocycles. The van der Waals surface area contributed by atoms with Crippen LogP contribution in [0.3, 0.4) is 0 Å². The van der Waals surface area contributed by atoms with E-state index in [-0.39, 0.29) is 11.8 Å². The fourth-order valence-corrected chi connectivity index (χ4v) is 2.13. The Balaban J connectivity index is 2.11. The van der Waals surface area contributed by atoms with Crippen LogP contribution in [0.25, 0.3) is 10.9 Å². The Bertz CT molecular complexity index is 533. The molecule has 1 aromatic heterocycles. The van der Waals surface area contributed by atoms with Crippen LogP contribution < -0.4 is 5.32 Å². The van der Waals surface area contributed by atoms with Crippen molar-refractivity contribution < 1.29 is 4.79 Å². The predicted molar refractivity (Wildman–Crippen MR) is 70.5 cm³/mol. The second-order valence-corrected chi connectivity index (χ2v) is 4.31. The molecule has 1 aromatic carbocycles. The number of aromatic amines is 1. The van der Waals surface area contributed by atoms with Crippen LogP contribution in [0.4, 0.5) is 0 Å². The van der Waals surface area contributed by atoms with Crippen LogP contribution in [-0.4, -0.2) is 23.3 Å². The highest BCUT2D eigenvalue weighted by Gasteiger charge is 2.06. The molecule has 0 fully saturated rings. The summed E-state index contributed by atoms with van der Waals surface area (Å²) in [5, 5.41) is 4.03. The molecule has 0 radical (unpaired) electrons. The van der Waals surface area contributed by atoms with Gasteiger partial charge in [0.2, 0.25) is 5.91 Å². The topological polar surface area (TPSA) is 44.9 Å². The summed E-state index contributed by atoms with van der Waals surface area (Å²) in [4.78, 5) is 14.3. The number of aromatic nitrogens is 1. The van der Waals surface area contributed by atoms with E-state index < -0.39 is 0 Å². The van der Waals surface area contributed by atoms with E-state index in [4.69, 9.17) is 11.6 Å². The van der Waals surface area contributed by atoms with Crippen molar-refractivity contribution in [3.8, 4) is 0 Å². The minimum atomic E-state index is -0.122. The van der Waals surface area contributed by atoms with Crippen molar-refractivity contribution in [3.63, 3.8) is 0 Å². The predicted octanol–water partition coefficient (Wildman–Crippen LogP) is 2.37. The third-order valence-electron chi connectivity index (χ3n) is 2.83. The fourth-order valence-electron chi connectivity index (χ4n) is 2.03. The standard InChI is InChI=1S/C13H15ClN2O/c1-9-3-2-4-11-13(9)10(8-16-11)5-6-15-12(17)7-14/h2-4,8,16H,5-7H2,1H3,(H,15,17). The summed E-state index contributed by atoms with van der Waals surface area (Å²) in [6, 6.07) is 6.19. The number of rotatable bonds is 4. The molecule has 17 heavy (non-hydrogen) atoms. The molecule has 0 spiro atoms. The van der Waals surface area contributed by atoms with Gasteiger partial charge < -0.3 is 10.3 Å². The summed E-state index contributed by atoms with van der Waals surface area (Å²) in [7, 11) is 0. The van der Waals surface area contributed by atoms with Crippen molar-refractivity contribution in [2.75, 3.05) is 12.4 Å². The van der Waals surface area contributed by atoms with Crippen LogP contribution in [0.15, 0.2) is 24.4 Å². The highest BCUT2D eigenvalue weighted by atomic mass is 35.5. The van der Waals surface area contributed by atoms with Gasteiger partial charge in [0.15, 0.2) is 0 Å². The highest BCUT2D eigenvalue weighted by molar-refractivity contribution is 6.27. The van der Waals surface area contributed by atoms with Crippen LogP contribution >= 0.6 is 11.6 Å². The first kappa shape index (κ1) is 12.0. The van der Waals surface area contributed by atoms with Gasteiger partial charge in [-0.15, -0.1) is 11.6 Å². The summed E-state index contributed by atoms with van der Waals surface area (Å²) >= 11 is 5.41. The molecule has 0 aliphatic rings. The number of fused-ring (bicyclic) bond motifs is 1. The van der Waals surface area contributed by atoms with Crippen molar-refractivity contribution in [2.24, 2.45) is 0 Å². The Labute approximate surface area is 105 Å². The minimum Gasteiger partial charge on any atom is -0.361 e. The van der Waals surface area contributed by atoms with E-state index in [1.165, 1.54) is 16.5 Å². The van der Waals surface area contributed by atoms with E-state index in [9.17, 15) is 4.79 Å². The summed E-state index contributed by atoms with van der Waals surface area (Å²) in [5.41, 5.74) is 3.62. The maximum absolute atomic E-state index is 11.0. The van der Waals surface area contributed by atoms with Gasteiger partial charge in [-0.2, -0.15) is 0 Å². The lowest BCUT2D eigenvalue weighted by Crippen LogP contribution is -2.26. The van der Waals surface area contributed by atoms with E-state index in [1.807, 2.05) is 12.3 Å². The van der Waals surface area contributed by atoms with Gasteiger partial charge in [0, 0.05) is 23.6 Å². The van der Waals surface area contributed by atoms with Crippen LogP contribution in [0.1, 0.15) is 11.1 Å². The number of hydrogen-bond donors (Lipinski definition) is 2. The van der Waals surface area contributed by atoms with Gasteiger partial charge in [-0.3, -0.25) is 4.79 Å². The number of nitrogens with one attached hydrogen (secondary N) is 2. The maximum Gasteiger partial charge on any atom is 0.234 e. The first-order valence-corrected chi connectivity index (χ1v) is 6.14. The van der Waals surface area contributed by atoms with Crippen LogP contribution in [0.2, 0.25) is 0 Å². The highest BCUT2D eigenvalue weighted by Crippen LogP contribution is 2.22. The molecule has 1 amide bonds. The summed E-state index contributed by atoms with van der Waals surface area (Å²) in [6.07, 6.45) is 2.82. The monoisotopic (exact) mass is 250 g/mol. The molecular formula is C13H15ClN2O. The molecule has 0 saturated carbocycles. The molecule has 4 heteroatoms. The molecule has 3 nitrogen and oxygen atoms in total. The van der Waals surface area contributed by atoms with Crippen molar-refractivity contribution in [3.05, 3.63) is 35.5 Å². The van der Waals surface area contributed by atoms with Crippen molar-refractivity contribution in [2.45, 2.75) is 13.3 Å². The van der Waals surface area contributed by atoms with Gasteiger partial charge in [-0.1, -0.05) is 12.1 Å². The molecule has 1 heterocycles. The second kappa shape index (κ2) is 5.23. The van der Waals surface area contributed by atoms with E-state index in [1.54, 1.807) is 0 Å². The number of benzene rings is 1. The average Bonchev–Trinajstić information content (AvgIpc) is 2.74. The van der Waals surface area contributed by atoms with Crippen LogP contribution in [0.5, 0.6) is 0 Å². The third kappa shape index (κ3) is 2.61. The number of aryl methyl sites for hydroxylation is 1. The molecule has 0 aliphatic carbocycles. The lowest BCUT2D eigenvalue weighted by Gasteiger charge is -2.03. The van der Waals surface area contributed by atoms with E-state index in [0.717, 1.165) is 11.9 Å². The molecular weight excluding hydrogens is 236 g/mol. The number of H-pyrrole nitrogens is 1. The molecule has 0 atom stereocenters. The van der Waals surface area contributed by atoms with Gasteiger partial charge in [0.25, 0.3) is 0 Å². The van der Waals surface area contributed by atoms with E-state index in [0.29, 0.717) is 6.54 Å². The minimum absolute atomic E-state index is 0.0207. The van der Waals surface area contributed by atoms with Crippen molar-refractivity contribution in [1.29, 1.82) is 0 Å². The molecule has 2 rings (SSSR count). The largest absolute Gasteiger partial charge is 0.361 e. The van der Waals surface area contributed by atoms with Gasteiger partial charge in [-0.05, 0) is 30.5 Å². The molecule has 0 bridgehead atoms. The van der Waals surface area contributed by atoms with Crippen LogP contribution in [-0.2, 0) is 11.2 Å². The van der Waals surface area contributed by atoms with Gasteiger partial charge in [0.05, 0.1) is 0 Å². The first-order chi connectivity index (χ1) is 8.22. The first-order valence-electron chi connectivity index (χ1n) is 5.60. The number of carbonyl (C=O) groups excluding carboxylic acids is 1. The Morgan fingerprint density at radius 1 is 1.47 bits per heavy atom. The summed E-state index contributed by atoms with van der Waals surface area (Å²) in [6.45, 7) is 2.71. The third-order valence-corrected chi connectivity index (χ3v) is 3.08. The average molecular weight is 251 g/mol. The van der Waals surface area contributed by atoms with Gasteiger partial charge >= 0.3 is 0 Å². The lowest BCUT2D eigenvalue weighted by atomic mass is 10.1. The zero-order chi connectivity index (χ0) is 12.3. The molecule has 90 valence electrons. The second-order valence-electron chi connectivity index (χ2n) is 4.04. The lowest BCUT2D eigenvalue weighted by molar-refractivity contribution is -0.118. The molecule has 0 saturated heterocycles. The summed E-state index contributed by atoms with van der Waals surface area (Å²) in [5.74, 6) is -0.101. The Kier molecular flexibility index (Phi) is 3.69. The van der Waals surface area contributed by atoms with Crippen molar-refractivity contribution in [1.82, 2.24) is 10.3 Å². The maximum atomic E-state index is 11.0. The number of alkyl halides is 1. The van der Waals surface area contributed by atoms with Gasteiger partial charge in [-0.25, -0.2) is 0 Å². The van der Waals surface area contributed by atoms with Crippen molar-refractivity contribution >= 4 is 28.4 Å². The zero-order valence-corrected chi connectivity index (χ0v) is 10.5. The van der Waals surface area contributed by atoms with E-state index in [2.05, 4.69) is 29.4 Å². The fraction of sp³-hybridized carbons (Fsp3) is 0.308. The molecule has 2 N–H and O–H groups in total. The number of hydrogen-bond acceptors (Lipinski definition) is 1. The summed E-state index contributed by atoms with van der Waals surface area (Å²) < 4.78 is 0. The number of carbonyl (C=O) groups is 1. The quantitative estimate of drug-likeness (QED) is 0.804. The van der Waals surface area contributed by atoms with E-state index >= 15 is 0 Å². The van der Waals surface area contributed by atoms with Crippen LogP contribution in [0, 0.1) is 6.92 Å². The smallest absolute Gasteiger partial charge is 0.234 e. The Morgan fingerprint density at radius 2 is 2.29 bits per heavy atom. The molecule has 2 aromatic rings.